The van der Waals surface area contributed by atoms with Crippen LogP contribution < -0.4 is 10.1 Å². The van der Waals surface area contributed by atoms with Crippen LogP contribution in [0.3, 0.4) is 0 Å². The molecular formula is C18H23NO2. The molecule has 0 fully saturated rings. The van der Waals surface area contributed by atoms with Crippen molar-refractivity contribution in [2.75, 3.05) is 7.11 Å². The molecule has 0 aromatic heterocycles. The van der Waals surface area contributed by atoms with Crippen molar-refractivity contribution >= 4 is 0 Å². The van der Waals surface area contributed by atoms with Crippen LogP contribution in [0.4, 0.5) is 0 Å². The van der Waals surface area contributed by atoms with Gasteiger partial charge in [0.15, 0.2) is 0 Å². The summed E-state index contributed by atoms with van der Waals surface area (Å²) in [6, 6.07) is 14.1. The predicted molar refractivity (Wildman–Crippen MR) is 85.7 cm³/mol. The van der Waals surface area contributed by atoms with Crippen LogP contribution in [0.2, 0.25) is 0 Å². The summed E-state index contributed by atoms with van der Waals surface area (Å²) in [6.07, 6.45) is 0.985. The van der Waals surface area contributed by atoms with Crippen LogP contribution in [0.1, 0.15) is 36.1 Å². The first kappa shape index (κ1) is 15.4. The number of ether oxygens (including phenoxy) is 1. The van der Waals surface area contributed by atoms with E-state index >= 15 is 0 Å². The second-order valence-corrected chi connectivity index (χ2v) is 5.25. The maximum absolute atomic E-state index is 9.90. The van der Waals surface area contributed by atoms with Gasteiger partial charge in [-0.3, -0.25) is 0 Å². The van der Waals surface area contributed by atoms with Crippen LogP contribution in [-0.2, 0) is 6.54 Å². The van der Waals surface area contributed by atoms with Crippen molar-refractivity contribution < 1.29 is 9.84 Å². The molecule has 0 aliphatic carbocycles. The summed E-state index contributed by atoms with van der Waals surface area (Å²) >= 11 is 0. The lowest BCUT2D eigenvalue weighted by Gasteiger charge is -2.18. The molecular weight excluding hydrogens is 262 g/mol. The van der Waals surface area contributed by atoms with Gasteiger partial charge in [0.2, 0.25) is 0 Å². The Morgan fingerprint density at radius 2 is 1.86 bits per heavy atom. The van der Waals surface area contributed by atoms with Crippen LogP contribution in [0, 0.1) is 6.92 Å². The molecule has 0 saturated heterocycles. The van der Waals surface area contributed by atoms with Crippen molar-refractivity contribution in [1.82, 2.24) is 5.32 Å². The summed E-state index contributed by atoms with van der Waals surface area (Å²) in [5, 5.41) is 13.4. The fourth-order valence-electron chi connectivity index (χ4n) is 2.42. The number of nitrogens with one attached hydrogen (secondary N) is 1. The van der Waals surface area contributed by atoms with Gasteiger partial charge in [0.25, 0.3) is 0 Å². The zero-order valence-electron chi connectivity index (χ0n) is 12.9. The summed E-state index contributed by atoms with van der Waals surface area (Å²) in [7, 11) is 1.67. The zero-order valence-corrected chi connectivity index (χ0v) is 12.9. The Balaban J connectivity index is 2.06. The van der Waals surface area contributed by atoms with E-state index in [-0.39, 0.29) is 6.04 Å². The average Bonchev–Trinajstić information content (AvgIpc) is 2.51. The smallest absolute Gasteiger partial charge is 0.120 e. The third-order valence-corrected chi connectivity index (χ3v) is 3.70. The number of phenolic OH excluding ortho intramolecular Hbond substituents is 1. The van der Waals surface area contributed by atoms with Gasteiger partial charge in [-0.05, 0) is 37.1 Å². The maximum atomic E-state index is 9.90. The van der Waals surface area contributed by atoms with E-state index in [1.165, 1.54) is 5.56 Å². The first-order chi connectivity index (χ1) is 10.1. The number of hydrogen-bond acceptors (Lipinski definition) is 3. The lowest BCUT2D eigenvalue weighted by atomic mass is 10.0. The van der Waals surface area contributed by atoms with E-state index in [0.717, 1.165) is 23.3 Å². The van der Waals surface area contributed by atoms with E-state index < -0.39 is 0 Å². The molecule has 2 aromatic carbocycles. The number of methoxy groups -OCH3 is 1. The van der Waals surface area contributed by atoms with Crippen molar-refractivity contribution in [3.63, 3.8) is 0 Å². The molecule has 2 aromatic rings. The third-order valence-electron chi connectivity index (χ3n) is 3.70. The maximum Gasteiger partial charge on any atom is 0.120 e. The molecule has 112 valence electrons. The van der Waals surface area contributed by atoms with Crippen LogP contribution in [-0.4, -0.2) is 12.2 Å². The van der Waals surface area contributed by atoms with Crippen molar-refractivity contribution in [3.05, 3.63) is 59.2 Å². The Hall–Kier alpha value is -2.00. The van der Waals surface area contributed by atoms with Crippen LogP contribution in [0.5, 0.6) is 11.5 Å². The van der Waals surface area contributed by atoms with Gasteiger partial charge in [0, 0.05) is 18.2 Å². The molecule has 0 radical (unpaired) electrons. The summed E-state index contributed by atoms with van der Waals surface area (Å²) in [6.45, 7) is 4.83. The number of aromatic hydroxyl groups is 1. The van der Waals surface area contributed by atoms with Gasteiger partial charge in [-0.2, -0.15) is 0 Å². The zero-order chi connectivity index (χ0) is 15.2. The molecule has 1 atom stereocenters. The van der Waals surface area contributed by atoms with Crippen molar-refractivity contribution in [1.29, 1.82) is 0 Å². The first-order valence-corrected chi connectivity index (χ1v) is 7.30. The quantitative estimate of drug-likeness (QED) is 0.844. The lowest BCUT2D eigenvalue weighted by molar-refractivity contribution is 0.414. The molecule has 0 aliphatic rings. The second kappa shape index (κ2) is 7.14. The van der Waals surface area contributed by atoms with E-state index in [4.69, 9.17) is 4.74 Å². The lowest BCUT2D eigenvalue weighted by Crippen LogP contribution is -2.20. The third kappa shape index (κ3) is 3.99. The highest BCUT2D eigenvalue weighted by molar-refractivity contribution is 5.36. The summed E-state index contributed by atoms with van der Waals surface area (Å²) in [5.74, 6) is 1.21. The van der Waals surface area contributed by atoms with Gasteiger partial charge in [0.05, 0.1) is 7.11 Å². The average molecular weight is 285 g/mol. The number of benzene rings is 2. The Bertz CT molecular complexity index is 578. The highest BCUT2D eigenvalue weighted by Crippen LogP contribution is 2.23. The van der Waals surface area contributed by atoms with Crippen LogP contribution >= 0.6 is 0 Å². The molecule has 0 heterocycles. The first-order valence-electron chi connectivity index (χ1n) is 7.30. The van der Waals surface area contributed by atoms with Crippen molar-refractivity contribution in [3.8, 4) is 11.5 Å². The van der Waals surface area contributed by atoms with Crippen LogP contribution in [0.25, 0.3) is 0 Å². The minimum atomic E-state index is 0.260. The molecule has 0 saturated carbocycles. The fraction of sp³-hybridized carbons (Fsp3) is 0.333. The minimum absolute atomic E-state index is 0.260. The molecule has 2 rings (SSSR count). The Labute approximate surface area is 126 Å². The molecule has 3 nitrogen and oxygen atoms in total. The normalized spacial score (nSPS) is 12.1. The van der Waals surface area contributed by atoms with E-state index in [1.54, 1.807) is 13.2 Å². The van der Waals surface area contributed by atoms with Crippen molar-refractivity contribution in [2.45, 2.75) is 32.9 Å². The standard InChI is InChI=1S/C18H23NO2/c1-4-17(14-6-8-16(21-3)9-7-14)19-12-15-11-13(2)5-10-18(15)20/h5-11,17,19-20H,4,12H2,1-3H3. The highest BCUT2D eigenvalue weighted by atomic mass is 16.5. The van der Waals surface area contributed by atoms with Gasteiger partial charge in [-0.1, -0.05) is 36.8 Å². The van der Waals surface area contributed by atoms with E-state index in [1.807, 2.05) is 31.2 Å². The van der Waals surface area contributed by atoms with E-state index in [0.29, 0.717) is 12.3 Å². The number of aryl methyl sites for hydroxylation is 1. The predicted octanol–water partition coefficient (Wildman–Crippen LogP) is 3.95. The Morgan fingerprint density at radius 3 is 2.48 bits per heavy atom. The van der Waals surface area contributed by atoms with Gasteiger partial charge in [-0.25, -0.2) is 0 Å². The van der Waals surface area contributed by atoms with Gasteiger partial charge >= 0.3 is 0 Å². The van der Waals surface area contributed by atoms with Gasteiger partial charge in [0.1, 0.15) is 11.5 Å². The number of phenols is 1. The number of hydrogen-bond donors (Lipinski definition) is 2. The molecule has 21 heavy (non-hydrogen) atoms. The van der Waals surface area contributed by atoms with Gasteiger partial charge < -0.3 is 15.2 Å². The molecule has 0 amide bonds. The highest BCUT2D eigenvalue weighted by Gasteiger charge is 2.10. The van der Waals surface area contributed by atoms with E-state index in [9.17, 15) is 5.11 Å². The summed E-state index contributed by atoms with van der Waals surface area (Å²) < 4.78 is 5.19. The molecule has 0 aliphatic heterocycles. The molecule has 3 heteroatoms. The molecule has 1 unspecified atom stereocenters. The van der Waals surface area contributed by atoms with E-state index in [2.05, 4.69) is 24.4 Å². The Morgan fingerprint density at radius 1 is 1.14 bits per heavy atom. The Kier molecular flexibility index (Phi) is 5.23. The monoisotopic (exact) mass is 285 g/mol. The SMILES string of the molecule is CCC(NCc1cc(C)ccc1O)c1ccc(OC)cc1. The minimum Gasteiger partial charge on any atom is -0.508 e. The summed E-state index contributed by atoms with van der Waals surface area (Å²) in [5.41, 5.74) is 3.31. The second-order valence-electron chi connectivity index (χ2n) is 5.25. The van der Waals surface area contributed by atoms with Crippen LogP contribution in [0.15, 0.2) is 42.5 Å². The number of rotatable bonds is 6. The summed E-state index contributed by atoms with van der Waals surface area (Å²) in [4.78, 5) is 0. The van der Waals surface area contributed by atoms with Crippen molar-refractivity contribution in [2.24, 2.45) is 0 Å². The topological polar surface area (TPSA) is 41.5 Å². The molecule has 0 spiro atoms. The fourth-order valence-corrected chi connectivity index (χ4v) is 2.42. The largest absolute Gasteiger partial charge is 0.508 e. The molecule has 2 N–H and O–H groups in total. The van der Waals surface area contributed by atoms with Gasteiger partial charge in [-0.15, -0.1) is 0 Å². The molecule has 0 bridgehead atoms.